The Morgan fingerprint density at radius 2 is 1.52 bits per heavy atom. The Labute approximate surface area is 141 Å². The van der Waals surface area contributed by atoms with Gasteiger partial charge in [0, 0.05) is 32.2 Å². The van der Waals surface area contributed by atoms with Crippen molar-refractivity contribution in [2.45, 2.75) is 70.3 Å². The van der Waals surface area contributed by atoms with Crippen LogP contribution in [-0.2, 0) is 4.79 Å². The molecule has 132 valence electrons. The fourth-order valence-corrected chi connectivity index (χ4v) is 5.52. The van der Waals surface area contributed by atoms with Crippen LogP contribution in [-0.4, -0.2) is 55.0 Å². The topological polar surface area (TPSA) is 49.6 Å². The molecule has 1 aliphatic heterocycles. The summed E-state index contributed by atoms with van der Waals surface area (Å²) in [7, 11) is 2.21. The van der Waals surface area contributed by atoms with E-state index < -0.39 is 0 Å². The monoisotopic (exact) mass is 321 g/mol. The van der Waals surface area contributed by atoms with Crippen molar-refractivity contribution in [3.05, 3.63) is 0 Å². The van der Waals surface area contributed by atoms with Gasteiger partial charge in [-0.25, -0.2) is 0 Å². The van der Waals surface area contributed by atoms with E-state index in [4.69, 9.17) is 5.73 Å². The van der Waals surface area contributed by atoms with E-state index in [-0.39, 0.29) is 11.3 Å². The summed E-state index contributed by atoms with van der Waals surface area (Å²) in [5.41, 5.74) is 5.81. The van der Waals surface area contributed by atoms with E-state index in [1.165, 1.54) is 51.4 Å². The summed E-state index contributed by atoms with van der Waals surface area (Å²) in [6.07, 6.45) is 12.3. The van der Waals surface area contributed by atoms with Crippen LogP contribution >= 0.6 is 0 Å². The summed E-state index contributed by atoms with van der Waals surface area (Å²) in [6.45, 7) is 4.45. The summed E-state index contributed by atoms with van der Waals surface area (Å²) < 4.78 is 0. The molecule has 4 nitrogen and oxygen atoms in total. The molecular weight excluding hydrogens is 286 g/mol. The van der Waals surface area contributed by atoms with Crippen LogP contribution in [0.5, 0.6) is 0 Å². The Morgan fingerprint density at radius 1 is 0.957 bits per heavy atom. The van der Waals surface area contributed by atoms with Crippen molar-refractivity contribution in [3.8, 4) is 0 Å². The van der Waals surface area contributed by atoms with Gasteiger partial charge in [0.1, 0.15) is 0 Å². The third-order valence-corrected chi connectivity index (χ3v) is 6.83. The standard InChI is InChI=1S/C19H35N3O/c1-21-12-14-22(15-13-21)17(16-8-4-2-5-9-16)19(18(20)23)10-6-3-7-11-19/h16-17H,2-15H2,1H3,(H2,20,23). The average molecular weight is 322 g/mol. The minimum atomic E-state index is -0.254. The molecule has 1 unspecified atom stereocenters. The Hall–Kier alpha value is -0.610. The summed E-state index contributed by atoms with van der Waals surface area (Å²) in [4.78, 5) is 17.7. The summed E-state index contributed by atoms with van der Waals surface area (Å²) in [5, 5.41) is 0. The van der Waals surface area contributed by atoms with E-state index in [0.29, 0.717) is 12.0 Å². The molecule has 1 heterocycles. The molecule has 3 aliphatic rings. The third kappa shape index (κ3) is 3.58. The van der Waals surface area contributed by atoms with Gasteiger partial charge >= 0.3 is 0 Å². The first-order valence-corrected chi connectivity index (χ1v) is 9.86. The van der Waals surface area contributed by atoms with Crippen molar-refractivity contribution in [1.29, 1.82) is 0 Å². The fraction of sp³-hybridized carbons (Fsp3) is 0.947. The number of carbonyl (C=O) groups excluding carboxylic acids is 1. The van der Waals surface area contributed by atoms with E-state index in [1.54, 1.807) is 0 Å². The third-order valence-electron chi connectivity index (χ3n) is 6.83. The predicted octanol–water partition coefficient (Wildman–Crippen LogP) is 2.62. The zero-order valence-corrected chi connectivity index (χ0v) is 14.9. The zero-order chi connectivity index (χ0) is 16.3. The molecule has 0 radical (unpaired) electrons. The Balaban J connectivity index is 1.87. The van der Waals surface area contributed by atoms with Gasteiger partial charge in [0.15, 0.2) is 0 Å². The van der Waals surface area contributed by atoms with Crippen LogP contribution < -0.4 is 5.73 Å². The van der Waals surface area contributed by atoms with Crippen molar-refractivity contribution >= 4 is 5.91 Å². The molecule has 1 atom stereocenters. The lowest BCUT2D eigenvalue weighted by Gasteiger charge is -2.52. The van der Waals surface area contributed by atoms with Gasteiger partial charge < -0.3 is 10.6 Å². The van der Waals surface area contributed by atoms with Gasteiger partial charge in [-0.2, -0.15) is 0 Å². The van der Waals surface area contributed by atoms with Crippen LogP contribution in [0.4, 0.5) is 0 Å². The number of carbonyl (C=O) groups is 1. The van der Waals surface area contributed by atoms with Gasteiger partial charge in [-0.05, 0) is 38.6 Å². The van der Waals surface area contributed by atoms with Crippen LogP contribution in [0.1, 0.15) is 64.2 Å². The number of nitrogens with zero attached hydrogens (tertiary/aromatic N) is 2. The first kappa shape index (κ1) is 17.2. The Bertz CT molecular complexity index is 391. The minimum absolute atomic E-state index is 0.00768. The second-order valence-corrected chi connectivity index (χ2v) is 8.26. The summed E-state index contributed by atoms with van der Waals surface area (Å²) >= 11 is 0. The van der Waals surface area contributed by atoms with Crippen molar-refractivity contribution in [2.24, 2.45) is 17.1 Å². The lowest BCUT2D eigenvalue weighted by molar-refractivity contribution is -0.139. The number of hydrogen-bond donors (Lipinski definition) is 1. The molecular formula is C19H35N3O. The first-order valence-electron chi connectivity index (χ1n) is 9.86. The highest BCUT2D eigenvalue weighted by atomic mass is 16.1. The largest absolute Gasteiger partial charge is 0.369 e. The normalized spacial score (nSPS) is 29.3. The Morgan fingerprint density at radius 3 is 2.09 bits per heavy atom. The summed E-state index contributed by atoms with van der Waals surface area (Å²) in [5.74, 6) is 0.671. The number of primary amides is 1. The number of piperazine rings is 1. The SMILES string of the molecule is CN1CCN(C(C2CCCCC2)C2(C(N)=O)CCCCC2)CC1. The summed E-state index contributed by atoms with van der Waals surface area (Å²) in [6, 6.07) is 0.397. The molecule has 0 aromatic heterocycles. The molecule has 1 saturated heterocycles. The van der Waals surface area contributed by atoms with E-state index >= 15 is 0 Å². The molecule has 0 spiro atoms. The fourth-order valence-electron chi connectivity index (χ4n) is 5.52. The van der Waals surface area contributed by atoms with Gasteiger partial charge in [0.05, 0.1) is 5.41 Å². The molecule has 23 heavy (non-hydrogen) atoms. The number of likely N-dealkylation sites (N-methyl/N-ethyl adjacent to an activating group) is 1. The highest BCUT2D eigenvalue weighted by Crippen LogP contribution is 2.47. The molecule has 4 heteroatoms. The number of nitrogens with two attached hydrogens (primary N) is 1. The second-order valence-electron chi connectivity index (χ2n) is 8.26. The van der Waals surface area contributed by atoms with Crippen LogP contribution in [0.2, 0.25) is 0 Å². The highest BCUT2D eigenvalue weighted by Gasteiger charge is 2.50. The molecule has 0 aromatic rings. The van der Waals surface area contributed by atoms with Crippen LogP contribution in [0.3, 0.4) is 0 Å². The van der Waals surface area contributed by atoms with Gasteiger partial charge in [-0.3, -0.25) is 9.69 Å². The molecule has 0 bridgehead atoms. The second kappa shape index (κ2) is 7.52. The van der Waals surface area contributed by atoms with Crippen molar-refractivity contribution in [3.63, 3.8) is 0 Å². The minimum Gasteiger partial charge on any atom is -0.369 e. The maximum atomic E-state index is 12.7. The van der Waals surface area contributed by atoms with Crippen molar-refractivity contribution in [1.82, 2.24) is 9.80 Å². The molecule has 3 fully saturated rings. The van der Waals surface area contributed by atoms with Gasteiger partial charge in [0.2, 0.25) is 5.91 Å². The number of rotatable bonds is 4. The van der Waals surface area contributed by atoms with Gasteiger partial charge in [-0.1, -0.05) is 38.5 Å². The van der Waals surface area contributed by atoms with E-state index in [0.717, 1.165) is 39.0 Å². The molecule has 2 saturated carbocycles. The highest BCUT2D eigenvalue weighted by molar-refractivity contribution is 5.82. The van der Waals surface area contributed by atoms with E-state index in [9.17, 15) is 4.79 Å². The molecule has 3 rings (SSSR count). The van der Waals surface area contributed by atoms with Gasteiger partial charge in [0.25, 0.3) is 0 Å². The molecule has 1 amide bonds. The lowest BCUT2D eigenvalue weighted by atomic mass is 9.62. The van der Waals surface area contributed by atoms with Crippen molar-refractivity contribution < 1.29 is 4.79 Å². The zero-order valence-electron chi connectivity index (χ0n) is 14.9. The molecule has 2 aliphatic carbocycles. The van der Waals surface area contributed by atoms with Crippen LogP contribution in [0.25, 0.3) is 0 Å². The van der Waals surface area contributed by atoms with E-state index in [2.05, 4.69) is 16.8 Å². The number of amides is 1. The van der Waals surface area contributed by atoms with Crippen LogP contribution in [0.15, 0.2) is 0 Å². The van der Waals surface area contributed by atoms with Crippen LogP contribution in [0, 0.1) is 11.3 Å². The lowest BCUT2D eigenvalue weighted by Crippen LogP contribution is -2.62. The maximum absolute atomic E-state index is 12.7. The smallest absolute Gasteiger partial charge is 0.225 e. The van der Waals surface area contributed by atoms with Crippen molar-refractivity contribution in [2.75, 3.05) is 33.2 Å². The van der Waals surface area contributed by atoms with Gasteiger partial charge in [-0.15, -0.1) is 0 Å². The molecule has 0 aromatic carbocycles. The average Bonchev–Trinajstić information content (AvgIpc) is 2.58. The first-order chi connectivity index (χ1) is 11.1. The number of hydrogen-bond acceptors (Lipinski definition) is 3. The van der Waals surface area contributed by atoms with E-state index in [1.807, 2.05) is 0 Å². The molecule has 2 N–H and O–H groups in total. The predicted molar refractivity (Wildman–Crippen MR) is 94.1 cm³/mol. The quantitative estimate of drug-likeness (QED) is 0.866. The Kier molecular flexibility index (Phi) is 5.63. The maximum Gasteiger partial charge on any atom is 0.225 e.